The summed E-state index contributed by atoms with van der Waals surface area (Å²) in [6.45, 7) is 6.26. The molecule has 1 aromatic rings. The fourth-order valence-corrected chi connectivity index (χ4v) is 3.57. The van der Waals surface area contributed by atoms with Gasteiger partial charge in [0.05, 0.1) is 5.41 Å². The highest BCUT2D eigenvalue weighted by atomic mass is 79.9. The Morgan fingerprint density at radius 2 is 2.09 bits per heavy atom. The zero-order chi connectivity index (χ0) is 15.4. The van der Waals surface area contributed by atoms with Crippen LogP contribution in [0, 0.1) is 0 Å². The van der Waals surface area contributed by atoms with Crippen LogP contribution in [-0.4, -0.2) is 50.1 Å². The minimum atomic E-state index is -0.265. The lowest BCUT2D eigenvalue weighted by Gasteiger charge is -2.27. The molecule has 3 rings (SSSR count). The first-order chi connectivity index (χ1) is 10.7. The minimum absolute atomic E-state index is 0.200. The molecule has 2 N–H and O–H groups in total. The molecule has 120 valence electrons. The molecule has 2 fully saturated rings. The summed E-state index contributed by atoms with van der Waals surface area (Å²) >= 11 is 3.50. The number of hydrogen-bond acceptors (Lipinski definition) is 3. The number of hydrogen-bond donors (Lipinski definition) is 2. The van der Waals surface area contributed by atoms with Crippen LogP contribution in [0.5, 0.6) is 0 Å². The lowest BCUT2D eigenvalue weighted by Crippen LogP contribution is -2.44. The second-order valence-corrected chi connectivity index (χ2v) is 7.21. The lowest BCUT2D eigenvalue weighted by atomic mass is 9.95. The Kier molecular flexibility index (Phi) is 5.16. The molecule has 22 heavy (non-hydrogen) atoms. The summed E-state index contributed by atoms with van der Waals surface area (Å²) in [5, 5.41) is 6.51. The van der Waals surface area contributed by atoms with Crippen molar-refractivity contribution >= 4 is 21.8 Å². The molecular formula is C17H24BrN3O. The SMILES string of the molecule is O=C(NCCCN1CCNCC1)C1(c2cccc(Br)c2)CC1. The highest BCUT2D eigenvalue weighted by Gasteiger charge is 2.51. The topological polar surface area (TPSA) is 44.4 Å². The van der Waals surface area contributed by atoms with Crippen molar-refractivity contribution in [3.63, 3.8) is 0 Å². The maximum atomic E-state index is 12.5. The second-order valence-electron chi connectivity index (χ2n) is 6.29. The van der Waals surface area contributed by atoms with Gasteiger partial charge in [-0.25, -0.2) is 0 Å². The zero-order valence-corrected chi connectivity index (χ0v) is 14.5. The molecule has 0 radical (unpaired) electrons. The summed E-state index contributed by atoms with van der Waals surface area (Å²) in [7, 11) is 0. The molecule has 0 bridgehead atoms. The van der Waals surface area contributed by atoms with Crippen LogP contribution in [0.1, 0.15) is 24.8 Å². The van der Waals surface area contributed by atoms with Gasteiger partial charge in [0, 0.05) is 37.2 Å². The van der Waals surface area contributed by atoms with Gasteiger partial charge in [-0.05, 0) is 43.5 Å². The maximum Gasteiger partial charge on any atom is 0.230 e. The predicted octanol–water partition coefficient (Wildman–Crippen LogP) is 1.89. The lowest BCUT2D eigenvalue weighted by molar-refractivity contribution is -0.123. The number of amides is 1. The van der Waals surface area contributed by atoms with Gasteiger partial charge < -0.3 is 15.5 Å². The van der Waals surface area contributed by atoms with Crippen molar-refractivity contribution in [2.75, 3.05) is 39.3 Å². The molecule has 2 aliphatic rings. The van der Waals surface area contributed by atoms with Gasteiger partial charge in [0.2, 0.25) is 5.91 Å². The van der Waals surface area contributed by atoms with E-state index in [1.807, 2.05) is 12.1 Å². The van der Waals surface area contributed by atoms with E-state index < -0.39 is 0 Å². The molecule has 0 atom stereocenters. The van der Waals surface area contributed by atoms with E-state index in [9.17, 15) is 4.79 Å². The molecule has 4 nitrogen and oxygen atoms in total. The number of rotatable bonds is 6. The van der Waals surface area contributed by atoms with Crippen LogP contribution in [-0.2, 0) is 10.2 Å². The number of nitrogens with zero attached hydrogens (tertiary/aromatic N) is 1. The average Bonchev–Trinajstić information content (AvgIpc) is 3.34. The maximum absolute atomic E-state index is 12.5. The summed E-state index contributed by atoms with van der Waals surface area (Å²) < 4.78 is 1.04. The molecule has 5 heteroatoms. The van der Waals surface area contributed by atoms with Crippen molar-refractivity contribution in [1.82, 2.24) is 15.5 Å². The van der Waals surface area contributed by atoms with Crippen LogP contribution in [0.25, 0.3) is 0 Å². The number of halogens is 1. The highest BCUT2D eigenvalue weighted by molar-refractivity contribution is 9.10. The summed E-state index contributed by atoms with van der Waals surface area (Å²) in [5.41, 5.74) is 0.875. The van der Waals surface area contributed by atoms with Crippen LogP contribution < -0.4 is 10.6 Å². The Morgan fingerprint density at radius 3 is 2.77 bits per heavy atom. The Bertz CT molecular complexity index is 524. The molecule has 1 saturated carbocycles. The molecular weight excluding hydrogens is 342 g/mol. The molecule has 1 aliphatic heterocycles. The number of benzene rings is 1. The van der Waals surface area contributed by atoms with E-state index in [-0.39, 0.29) is 11.3 Å². The van der Waals surface area contributed by atoms with Crippen molar-refractivity contribution in [3.05, 3.63) is 34.3 Å². The van der Waals surface area contributed by atoms with Crippen molar-refractivity contribution in [2.45, 2.75) is 24.7 Å². The Morgan fingerprint density at radius 1 is 1.32 bits per heavy atom. The predicted molar refractivity (Wildman–Crippen MR) is 92.0 cm³/mol. The van der Waals surface area contributed by atoms with Gasteiger partial charge in [0.25, 0.3) is 0 Å². The van der Waals surface area contributed by atoms with Gasteiger partial charge in [-0.3, -0.25) is 4.79 Å². The number of nitrogens with one attached hydrogen (secondary N) is 2. The summed E-state index contributed by atoms with van der Waals surface area (Å²) in [6, 6.07) is 8.16. The Balaban J connectivity index is 1.45. The van der Waals surface area contributed by atoms with E-state index in [2.05, 4.69) is 43.6 Å². The van der Waals surface area contributed by atoms with Gasteiger partial charge in [-0.1, -0.05) is 28.1 Å². The standard InChI is InChI=1S/C17H24BrN3O/c18-15-4-1-3-14(13-15)17(5-6-17)16(22)20-7-2-10-21-11-8-19-9-12-21/h1,3-4,13,19H,2,5-12H2,(H,20,22). The van der Waals surface area contributed by atoms with Crippen molar-refractivity contribution in [2.24, 2.45) is 0 Å². The van der Waals surface area contributed by atoms with Gasteiger partial charge in [0.15, 0.2) is 0 Å². The molecule has 1 amide bonds. The summed E-state index contributed by atoms with van der Waals surface area (Å²) in [6.07, 6.45) is 2.96. The van der Waals surface area contributed by atoms with E-state index in [4.69, 9.17) is 0 Å². The van der Waals surface area contributed by atoms with E-state index in [0.29, 0.717) is 0 Å². The monoisotopic (exact) mass is 365 g/mol. The molecule has 0 unspecified atom stereocenters. The minimum Gasteiger partial charge on any atom is -0.355 e. The molecule has 1 aromatic carbocycles. The molecule has 1 heterocycles. The molecule has 0 aromatic heterocycles. The van der Waals surface area contributed by atoms with Crippen molar-refractivity contribution < 1.29 is 4.79 Å². The number of carbonyl (C=O) groups is 1. The highest BCUT2D eigenvalue weighted by Crippen LogP contribution is 2.48. The van der Waals surface area contributed by atoms with E-state index in [1.165, 1.54) is 0 Å². The van der Waals surface area contributed by atoms with Crippen molar-refractivity contribution in [3.8, 4) is 0 Å². The zero-order valence-electron chi connectivity index (χ0n) is 12.9. The number of piperazine rings is 1. The molecule has 1 saturated heterocycles. The summed E-state index contributed by atoms with van der Waals surface area (Å²) in [4.78, 5) is 15.0. The molecule has 0 spiro atoms. The largest absolute Gasteiger partial charge is 0.355 e. The van der Waals surface area contributed by atoms with Gasteiger partial charge in [0.1, 0.15) is 0 Å². The van der Waals surface area contributed by atoms with Crippen LogP contribution in [0.3, 0.4) is 0 Å². The van der Waals surface area contributed by atoms with E-state index >= 15 is 0 Å². The fraction of sp³-hybridized carbons (Fsp3) is 0.588. The second kappa shape index (κ2) is 7.11. The van der Waals surface area contributed by atoms with Gasteiger partial charge in [-0.2, -0.15) is 0 Å². The van der Waals surface area contributed by atoms with Gasteiger partial charge >= 0.3 is 0 Å². The first-order valence-electron chi connectivity index (χ1n) is 8.18. The van der Waals surface area contributed by atoms with Crippen LogP contribution in [0.15, 0.2) is 28.7 Å². The van der Waals surface area contributed by atoms with E-state index in [1.54, 1.807) is 0 Å². The normalized spacial score (nSPS) is 20.6. The fourth-order valence-electron chi connectivity index (χ4n) is 3.17. The Hall–Kier alpha value is -0.910. The smallest absolute Gasteiger partial charge is 0.230 e. The van der Waals surface area contributed by atoms with Crippen LogP contribution >= 0.6 is 15.9 Å². The third kappa shape index (κ3) is 3.70. The van der Waals surface area contributed by atoms with Crippen LogP contribution in [0.4, 0.5) is 0 Å². The summed E-state index contributed by atoms with van der Waals surface area (Å²) in [5.74, 6) is 0.200. The van der Waals surface area contributed by atoms with E-state index in [0.717, 1.165) is 68.6 Å². The number of carbonyl (C=O) groups excluding carboxylic acids is 1. The van der Waals surface area contributed by atoms with Gasteiger partial charge in [-0.15, -0.1) is 0 Å². The quantitative estimate of drug-likeness (QED) is 0.756. The van der Waals surface area contributed by atoms with Crippen molar-refractivity contribution in [1.29, 1.82) is 0 Å². The first-order valence-corrected chi connectivity index (χ1v) is 8.97. The third-order valence-corrected chi connectivity index (χ3v) is 5.20. The molecule has 1 aliphatic carbocycles. The Labute approximate surface area is 140 Å². The third-order valence-electron chi connectivity index (χ3n) is 4.71. The van der Waals surface area contributed by atoms with Crippen LogP contribution in [0.2, 0.25) is 0 Å². The average molecular weight is 366 g/mol. The first kappa shape index (κ1) is 16.0.